The molecule has 3 aromatic carbocycles. The number of ether oxygens (including phenoxy) is 4. The minimum Gasteiger partial charge on any atom is -0.465 e. The summed E-state index contributed by atoms with van der Waals surface area (Å²) in [7, 11) is 0. The van der Waals surface area contributed by atoms with Gasteiger partial charge in [0.25, 0.3) is 0 Å². The van der Waals surface area contributed by atoms with E-state index in [2.05, 4.69) is 49.0 Å². The van der Waals surface area contributed by atoms with Crippen LogP contribution in [-0.2, 0) is 28.6 Å². The van der Waals surface area contributed by atoms with Crippen molar-refractivity contribution in [1.82, 2.24) is 0 Å². The molecular weight excluding hydrogens is 837 g/mol. The molecule has 6 rings (SSSR count). The van der Waals surface area contributed by atoms with Gasteiger partial charge in [-0.3, -0.25) is 9.59 Å². The number of unbranched alkanes of at least 4 members (excludes halogenated alkanes) is 5. The Bertz CT molecular complexity index is 2380. The Kier molecular flexibility index (Phi) is 19.0. The number of carbonyl (C=O) groups is 4. The molecule has 8 heteroatoms. The molecule has 8 nitrogen and oxygen atoms in total. The lowest BCUT2D eigenvalue weighted by Crippen LogP contribution is -2.39. The molecule has 0 atom stereocenters. The molecule has 0 amide bonds. The van der Waals surface area contributed by atoms with Crippen LogP contribution in [0.5, 0.6) is 5.75 Å². The van der Waals surface area contributed by atoms with Gasteiger partial charge in [-0.15, -0.1) is 12.8 Å². The number of hydrogen-bond donors (Lipinski definition) is 0. The van der Waals surface area contributed by atoms with Crippen LogP contribution >= 0.6 is 0 Å². The number of hydrogen-bond acceptors (Lipinski definition) is 8. The topological polar surface area (TPSA) is 105 Å². The van der Waals surface area contributed by atoms with Gasteiger partial charge in [-0.1, -0.05) is 81.6 Å². The molecule has 3 aliphatic rings. The highest BCUT2D eigenvalue weighted by Gasteiger charge is 2.40. The number of benzene rings is 3. The molecule has 0 unspecified atom stereocenters. The molecule has 0 aromatic heterocycles. The highest BCUT2D eigenvalue weighted by atomic mass is 16.6. The van der Waals surface area contributed by atoms with Crippen LogP contribution in [0, 0.1) is 78.0 Å². The predicted octanol–water partition coefficient (Wildman–Crippen LogP) is 11.3. The maximum Gasteiger partial charge on any atom is 0.339 e. The van der Waals surface area contributed by atoms with Crippen LogP contribution in [0.1, 0.15) is 161 Å². The molecule has 348 valence electrons. The molecule has 0 saturated heterocycles. The summed E-state index contributed by atoms with van der Waals surface area (Å²) in [4.78, 5) is 51.2. The largest absolute Gasteiger partial charge is 0.465 e. The van der Waals surface area contributed by atoms with Gasteiger partial charge in [-0.2, -0.15) is 0 Å². The van der Waals surface area contributed by atoms with E-state index in [1.165, 1.54) is 31.8 Å². The van der Waals surface area contributed by atoms with E-state index >= 15 is 0 Å². The number of carbonyl (C=O) groups excluding carboxylic acids is 4. The lowest BCUT2D eigenvalue weighted by molar-refractivity contribution is -0.152. The first-order chi connectivity index (χ1) is 32.6. The summed E-state index contributed by atoms with van der Waals surface area (Å²) < 4.78 is 22.8. The van der Waals surface area contributed by atoms with Gasteiger partial charge < -0.3 is 18.9 Å². The first kappa shape index (κ1) is 49.9. The summed E-state index contributed by atoms with van der Waals surface area (Å²) in [5.74, 6) is 18.4. The molecule has 0 heterocycles. The standard InChI is InChI=1S/C59H64O8/c1-5-44-16-18-45(19-17-44)20-21-46-22-24-47(25-23-46)34-37-59(38-35-50(36-39-59)49-26-14-43(4)15-27-49)67-58(63)53-32-33-54(48(6-2)42-53)66-57(62)52-30-28-51(29-31-52)56(61)65-41-13-11-9-8-10-12-40-64-55(60)7-3/h1-2,7,16-19,22-25,32-33,42-43,49-52H,3,8-15,26-31,35-36,38-41H2,4H3. The van der Waals surface area contributed by atoms with Crippen molar-refractivity contribution in [2.24, 2.45) is 29.6 Å². The Morgan fingerprint density at radius 3 is 1.72 bits per heavy atom. The molecule has 0 bridgehead atoms. The van der Waals surface area contributed by atoms with Crippen LogP contribution < -0.4 is 4.74 Å². The second-order valence-electron chi connectivity index (χ2n) is 18.5. The molecule has 3 saturated carbocycles. The number of terminal acetylenes is 2. The van der Waals surface area contributed by atoms with Crippen LogP contribution in [0.25, 0.3) is 0 Å². The van der Waals surface area contributed by atoms with Crippen LogP contribution in [0.2, 0.25) is 0 Å². The van der Waals surface area contributed by atoms with E-state index in [1.54, 1.807) is 18.2 Å². The molecule has 3 aliphatic carbocycles. The number of esters is 4. The third-order valence-electron chi connectivity index (χ3n) is 13.7. The van der Waals surface area contributed by atoms with Gasteiger partial charge >= 0.3 is 23.9 Å². The fourth-order valence-electron chi connectivity index (χ4n) is 9.49. The minimum atomic E-state index is -0.974. The Balaban J connectivity index is 1.01. The van der Waals surface area contributed by atoms with Crippen LogP contribution in [0.15, 0.2) is 79.4 Å². The van der Waals surface area contributed by atoms with Crippen LogP contribution in [0.4, 0.5) is 0 Å². The predicted molar refractivity (Wildman–Crippen MR) is 260 cm³/mol. The highest BCUT2D eigenvalue weighted by molar-refractivity contribution is 5.91. The van der Waals surface area contributed by atoms with Gasteiger partial charge in [-0.05, 0) is 167 Å². The Morgan fingerprint density at radius 2 is 1.15 bits per heavy atom. The molecule has 3 fully saturated rings. The number of rotatable bonds is 16. The zero-order valence-corrected chi connectivity index (χ0v) is 39.1. The first-order valence-electron chi connectivity index (χ1n) is 24.3. The van der Waals surface area contributed by atoms with Crippen molar-refractivity contribution in [3.05, 3.63) is 113 Å². The lowest BCUT2D eigenvalue weighted by atomic mass is 9.68. The fraction of sp³-hybridized carbons (Fsp3) is 0.458. The summed E-state index contributed by atoms with van der Waals surface area (Å²) in [5, 5.41) is 0. The Morgan fingerprint density at radius 1 is 0.627 bits per heavy atom. The Labute approximate surface area is 398 Å². The van der Waals surface area contributed by atoms with Gasteiger partial charge in [0.05, 0.1) is 36.2 Å². The maximum absolute atomic E-state index is 14.0. The van der Waals surface area contributed by atoms with E-state index in [1.807, 2.05) is 48.5 Å². The third-order valence-corrected chi connectivity index (χ3v) is 13.7. The van der Waals surface area contributed by atoms with Crippen LogP contribution in [0.3, 0.4) is 0 Å². The smallest absolute Gasteiger partial charge is 0.339 e. The minimum absolute atomic E-state index is 0.202. The third kappa shape index (κ3) is 15.3. The molecular formula is C59H64O8. The first-order valence-corrected chi connectivity index (χ1v) is 24.3. The second-order valence-corrected chi connectivity index (χ2v) is 18.5. The second kappa shape index (κ2) is 25.4. The van der Waals surface area contributed by atoms with Crippen molar-refractivity contribution in [3.63, 3.8) is 0 Å². The van der Waals surface area contributed by atoms with Crippen molar-refractivity contribution in [2.75, 3.05) is 13.2 Å². The van der Waals surface area contributed by atoms with Gasteiger partial charge in [0, 0.05) is 28.3 Å². The summed E-state index contributed by atoms with van der Waals surface area (Å²) in [5.41, 5.74) is 2.90. The van der Waals surface area contributed by atoms with Gasteiger partial charge in [0.2, 0.25) is 0 Å². The van der Waals surface area contributed by atoms with Gasteiger partial charge in [0.1, 0.15) is 5.75 Å². The maximum atomic E-state index is 14.0. The summed E-state index contributed by atoms with van der Waals surface area (Å²) >= 11 is 0. The zero-order chi connectivity index (χ0) is 47.4. The van der Waals surface area contributed by atoms with E-state index in [4.69, 9.17) is 31.8 Å². The van der Waals surface area contributed by atoms with Crippen LogP contribution in [-0.4, -0.2) is 42.7 Å². The van der Waals surface area contributed by atoms with E-state index in [0.717, 1.165) is 79.5 Å². The monoisotopic (exact) mass is 900 g/mol. The molecule has 0 aliphatic heterocycles. The SMILES string of the molecule is C#Cc1ccc(C#Cc2ccc(C#CC3(OC(=O)c4ccc(OC(=O)C5CCC(C(=O)OCCCCCCCCOC(=O)C=C)CC5)c(C#C)c4)CCC(C4CCC(C)CC4)CC3)cc2)cc1. The molecule has 67 heavy (non-hydrogen) atoms. The molecule has 3 aromatic rings. The highest BCUT2D eigenvalue weighted by Crippen LogP contribution is 2.44. The van der Waals surface area contributed by atoms with Crippen molar-refractivity contribution >= 4 is 23.9 Å². The quantitative estimate of drug-likeness (QED) is 0.0350. The van der Waals surface area contributed by atoms with Crippen molar-refractivity contribution in [2.45, 2.75) is 128 Å². The fourth-order valence-corrected chi connectivity index (χ4v) is 9.49. The van der Waals surface area contributed by atoms with Crippen molar-refractivity contribution < 1.29 is 38.1 Å². The summed E-state index contributed by atoms with van der Waals surface area (Å²) in [6.07, 6.45) is 28.4. The van der Waals surface area contributed by atoms with E-state index in [0.29, 0.717) is 63.6 Å². The average molecular weight is 901 g/mol. The molecule has 0 radical (unpaired) electrons. The molecule has 0 N–H and O–H groups in total. The van der Waals surface area contributed by atoms with Crippen molar-refractivity contribution in [3.8, 4) is 54.1 Å². The zero-order valence-electron chi connectivity index (χ0n) is 39.1. The summed E-state index contributed by atoms with van der Waals surface area (Å²) in [6.45, 7) is 6.51. The van der Waals surface area contributed by atoms with Crippen molar-refractivity contribution in [1.29, 1.82) is 0 Å². The summed E-state index contributed by atoms with van der Waals surface area (Å²) in [6, 6.07) is 20.0. The average Bonchev–Trinajstić information content (AvgIpc) is 3.36. The Hall–Kier alpha value is -6.48. The van der Waals surface area contributed by atoms with E-state index in [9.17, 15) is 19.2 Å². The van der Waals surface area contributed by atoms with Gasteiger partial charge in [-0.25, -0.2) is 9.59 Å². The van der Waals surface area contributed by atoms with Gasteiger partial charge in [0.15, 0.2) is 5.60 Å². The van der Waals surface area contributed by atoms with E-state index in [-0.39, 0.29) is 34.7 Å². The molecule has 0 spiro atoms. The normalized spacial score (nSPS) is 22.1. The van der Waals surface area contributed by atoms with E-state index < -0.39 is 23.5 Å². The lowest BCUT2D eigenvalue weighted by Gasteiger charge is -2.40.